The van der Waals surface area contributed by atoms with Gasteiger partial charge in [-0.05, 0) is 57.9 Å². The Morgan fingerprint density at radius 1 is 1.31 bits per heavy atom. The SMILES string of the molecule is CC1CCC(OC(=O)C2(C)CCCN2)CC1. The van der Waals surface area contributed by atoms with Crippen molar-refractivity contribution >= 4 is 5.97 Å². The van der Waals surface area contributed by atoms with Crippen LogP contribution in [0.1, 0.15) is 52.4 Å². The summed E-state index contributed by atoms with van der Waals surface area (Å²) in [7, 11) is 0. The number of hydrogen-bond donors (Lipinski definition) is 1. The molecule has 92 valence electrons. The Morgan fingerprint density at radius 2 is 2.00 bits per heavy atom. The van der Waals surface area contributed by atoms with Gasteiger partial charge in [0.15, 0.2) is 0 Å². The summed E-state index contributed by atoms with van der Waals surface area (Å²) in [5.74, 6) is 0.764. The van der Waals surface area contributed by atoms with E-state index in [1.54, 1.807) is 0 Å². The number of carbonyl (C=O) groups excluding carboxylic acids is 1. The molecule has 0 spiro atoms. The standard InChI is InChI=1S/C13H23NO2/c1-10-4-6-11(7-5-10)16-12(15)13(2)8-3-9-14-13/h10-11,14H,3-9H2,1-2H3. The summed E-state index contributed by atoms with van der Waals surface area (Å²) in [6.07, 6.45) is 6.64. The largest absolute Gasteiger partial charge is 0.461 e. The highest BCUT2D eigenvalue weighted by Crippen LogP contribution is 2.28. The van der Waals surface area contributed by atoms with Crippen molar-refractivity contribution in [1.82, 2.24) is 5.32 Å². The van der Waals surface area contributed by atoms with Gasteiger partial charge in [-0.1, -0.05) is 6.92 Å². The van der Waals surface area contributed by atoms with Crippen molar-refractivity contribution in [2.75, 3.05) is 6.54 Å². The molecular weight excluding hydrogens is 202 g/mol. The molecule has 2 aliphatic rings. The second-order valence-electron chi connectivity index (χ2n) is 5.65. The Morgan fingerprint density at radius 3 is 2.56 bits per heavy atom. The third-order valence-corrected chi connectivity index (χ3v) is 4.06. The van der Waals surface area contributed by atoms with Crippen molar-refractivity contribution in [2.24, 2.45) is 5.92 Å². The maximum absolute atomic E-state index is 12.0. The van der Waals surface area contributed by atoms with Gasteiger partial charge in [0.25, 0.3) is 0 Å². The van der Waals surface area contributed by atoms with Crippen LogP contribution in [0.15, 0.2) is 0 Å². The molecule has 1 aliphatic carbocycles. The van der Waals surface area contributed by atoms with Gasteiger partial charge in [0, 0.05) is 0 Å². The highest BCUT2D eigenvalue weighted by Gasteiger charge is 2.38. The molecule has 2 rings (SSSR count). The fraction of sp³-hybridized carbons (Fsp3) is 0.923. The lowest BCUT2D eigenvalue weighted by atomic mass is 9.89. The van der Waals surface area contributed by atoms with Crippen LogP contribution in [-0.2, 0) is 9.53 Å². The summed E-state index contributed by atoms with van der Waals surface area (Å²) in [5, 5.41) is 3.26. The van der Waals surface area contributed by atoms with Crippen molar-refractivity contribution < 1.29 is 9.53 Å². The van der Waals surface area contributed by atoms with Crippen LogP contribution in [0, 0.1) is 5.92 Å². The molecule has 1 unspecified atom stereocenters. The zero-order chi connectivity index (χ0) is 11.6. The molecule has 0 aromatic heterocycles. The molecule has 1 saturated carbocycles. The molecule has 0 amide bonds. The smallest absolute Gasteiger partial charge is 0.326 e. The molecule has 0 bridgehead atoms. The summed E-state index contributed by atoms with van der Waals surface area (Å²) in [6.45, 7) is 5.18. The number of carbonyl (C=O) groups is 1. The third kappa shape index (κ3) is 2.57. The Hall–Kier alpha value is -0.570. The van der Waals surface area contributed by atoms with Crippen molar-refractivity contribution in [2.45, 2.75) is 64.0 Å². The van der Waals surface area contributed by atoms with E-state index in [1.165, 1.54) is 12.8 Å². The van der Waals surface area contributed by atoms with Crippen LogP contribution in [0.4, 0.5) is 0 Å². The molecule has 3 heteroatoms. The van der Waals surface area contributed by atoms with E-state index in [0.29, 0.717) is 0 Å². The Bertz CT molecular complexity index is 251. The molecule has 0 aromatic rings. The quantitative estimate of drug-likeness (QED) is 0.733. The van der Waals surface area contributed by atoms with E-state index >= 15 is 0 Å². The molecule has 0 aromatic carbocycles. The maximum atomic E-state index is 12.0. The lowest BCUT2D eigenvalue weighted by Crippen LogP contribution is -2.47. The molecule has 1 saturated heterocycles. The number of rotatable bonds is 2. The van der Waals surface area contributed by atoms with E-state index in [1.807, 2.05) is 6.92 Å². The van der Waals surface area contributed by atoms with Gasteiger partial charge in [-0.3, -0.25) is 4.79 Å². The summed E-state index contributed by atoms with van der Waals surface area (Å²) < 4.78 is 5.63. The second kappa shape index (κ2) is 4.74. The zero-order valence-electron chi connectivity index (χ0n) is 10.4. The summed E-state index contributed by atoms with van der Waals surface area (Å²) in [5.41, 5.74) is -0.414. The molecule has 16 heavy (non-hydrogen) atoms. The molecule has 1 atom stereocenters. The lowest BCUT2D eigenvalue weighted by Gasteiger charge is -2.30. The first-order chi connectivity index (χ1) is 7.60. The summed E-state index contributed by atoms with van der Waals surface area (Å²) in [6, 6.07) is 0. The van der Waals surface area contributed by atoms with Crippen LogP contribution < -0.4 is 5.32 Å². The molecule has 3 nitrogen and oxygen atoms in total. The topological polar surface area (TPSA) is 38.3 Å². The summed E-state index contributed by atoms with van der Waals surface area (Å²) >= 11 is 0. The first-order valence-electron chi connectivity index (χ1n) is 6.56. The highest BCUT2D eigenvalue weighted by atomic mass is 16.5. The van der Waals surface area contributed by atoms with Gasteiger partial charge in [-0.2, -0.15) is 0 Å². The van der Waals surface area contributed by atoms with Crippen LogP contribution in [0.2, 0.25) is 0 Å². The monoisotopic (exact) mass is 225 g/mol. The van der Waals surface area contributed by atoms with Crippen LogP contribution in [0.5, 0.6) is 0 Å². The van der Waals surface area contributed by atoms with Crippen LogP contribution >= 0.6 is 0 Å². The molecule has 0 radical (unpaired) electrons. The van der Waals surface area contributed by atoms with E-state index < -0.39 is 5.54 Å². The van der Waals surface area contributed by atoms with Gasteiger partial charge in [0.1, 0.15) is 11.6 Å². The van der Waals surface area contributed by atoms with E-state index in [0.717, 1.165) is 38.1 Å². The third-order valence-electron chi connectivity index (χ3n) is 4.06. The average molecular weight is 225 g/mol. The Labute approximate surface area is 97.9 Å². The first-order valence-corrected chi connectivity index (χ1v) is 6.56. The molecule has 1 N–H and O–H groups in total. The minimum absolute atomic E-state index is 0.0375. The average Bonchev–Trinajstić information content (AvgIpc) is 2.70. The van der Waals surface area contributed by atoms with Gasteiger partial charge in [-0.25, -0.2) is 0 Å². The number of ether oxygens (including phenoxy) is 1. The second-order valence-corrected chi connectivity index (χ2v) is 5.65. The Balaban J connectivity index is 1.83. The molecular formula is C13H23NO2. The normalized spacial score (nSPS) is 39.6. The lowest BCUT2D eigenvalue weighted by molar-refractivity contribution is -0.157. The van der Waals surface area contributed by atoms with Crippen LogP contribution in [0.3, 0.4) is 0 Å². The van der Waals surface area contributed by atoms with Gasteiger partial charge >= 0.3 is 5.97 Å². The van der Waals surface area contributed by atoms with E-state index in [-0.39, 0.29) is 12.1 Å². The fourth-order valence-corrected chi connectivity index (χ4v) is 2.70. The van der Waals surface area contributed by atoms with Crippen molar-refractivity contribution in [3.05, 3.63) is 0 Å². The van der Waals surface area contributed by atoms with E-state index in [4.69, 9.17) is 4.74 Å². The van der Waals surface area contributed by atoms with Crippen LogP contribution in [-0.4, -0.2) is 24.2 Å². The van der Waals surface area contributed by atoms with Crippen LogP contribution in [0.25, 0.3) is 0 Å². The highest BCUT2D eigenvalue weighted by molar-refractivity contribution is 5.80. The van der Waals surface area contributed by atoms with Gasteiger partial charge in [0.2, 0.25) is 0 Å². The van der Waals surface area contributed by atoms with Crippen molar-refractivity contribution in [3.63, 3.8) is 0 Å². The fourth-order valence-electron chi connectivity index (χ4n) is 2.70. The van der Waals surface area contributed by atoms with Gasteiger partial charge in [-0.15, -0.1) is 0 Å². The molecule has 1 heterocycles. The minimum Gasteiger partial charge on any atom is -0.461 e. The predicted octanol–water partition coefficient (Wildman–Crippen LogP) is 2.25. The minimum atomic E-state index is -0.414. The van der Waals surface area contributed by atoms with E-state index in [2.05, 4.69) is 12.2 Å². The maximum Gasteiger partial charge on any atom is 0.326 e. The van der Waals surface area contributed by atoms with E-state index in [9.17, 15) is 4.79 Å². The molecule has 2 fully saturated rings. The predicted molar refractivity (Wildman–Crippen MR) is 63.2 cm³/mol. The zero-order valence-corrected chi connectivity index (χ0v) is 10.4. The number of esters is 1. The van der Waals surface area contributed by atoms with Gasteiger partial charge < -0.3 is 10.1 Å². The molecule has 1 aliphatic heterocycles. The van der Waals surface area contributed by atoms with Crippen molar-refractivity contribution in [3.8, 4) is 0 Å². The van der Waals surface area contributed by atoms with Gasteiger partial charge in [0.05, 0.1) is 0 Å². The number of hydrogen-bond acceptors (Lipinski definition) is 3. The van der Waals surface area contributed by atoms with Crippen molar-refractivity contribution in [1.29, 1.82) is 0 Å². The number of nitrogens with one attached hydrogen (secondary N) is 1. The first kappa shape index (κ1) is 11.9. The Kier molecular flexibility index (Phi) is 3.53. The summed E-state index contributed by atoms with van der Waals surface area (Å²) in [4.78, 5) is 12.0.